The molecule has 142 valence electrons. The van der Waals surface area contributed by atoms with Gasteiger partial charge in [0.15, 0.2) is 0 Å². The molecule has 2 rings (SSSR count). The second-order valence-corrected chi connectivity index (χ2v) is 7.25. The van der Waals surface area contributed by atoms with Gasteiger partial charge in [-0.05, 0) is 19.1 Å². The molecule has 0 unspecified atom stereocenters. The number of hydrogen-bond donors (Lipinski definition) is 2. The number of carbonyl (C=O) groups excluding carboxylic acids is 1. The van der Waals surface area contributed by atoms with Gasteiger partial charge in [0.05, 0.1) is 22.8 Å². The topological polar surface area (TPSA) is 114 Å². The van der Waals surface area contributed by atoms with Crippen molar-refractivity contribution in [3.8, 4) is 0 Å². The van der Waals surface area contributed by atoms with E-state index in [0.717, 1.165) is 23.9 Å². The van der Waals surface area contributed by atoms with Gasteiger partial charge in [0, 0.05) is 0 Å². The molecule has 0 saturated heterocycles. The molecule has 1 heterocycles. The number of alkyl halides is 3. The molecule has 0 bridgehead atoms. The Hall–Kier alpha value is -2.28. The van der Waals surface area contributed by atoms with Crippen LogP contribution in [0.3, 0.4) is 0 Å². The number of carbonyl (C=O) groups is 1. The number of nitrogens with one attached hydrogen (secondary N) is 2. The predicted octanol–water partition coefficient (Wildman–Crippen LogP) is 2.28. The minimum atomic E-state index is -4.84. The highest BCUT2D eigenvalue weighted by atomic mass is 32.2. The molecule has 8 nitrogen and oxygen atoms in total. The highest BCUT2D eigenvalue weighted by Gasteiger charge is 2.37. The minimum Gasteiger partial charge on any atom is -0.465 e. The van der Waals surface area contributed by atoms with E-state index in [4.69, 9.17) is 4.74 Å². The van der Waals surface area contributed by atoms with E-state index in [-0.39, 0.29) is 23.5 Å². The number of nitrogens with zero attached hydrogens (tertiary/aromatic N) is 2. The lowest BCUT2D eigenvalue weighted by Crippen LogP contribution is -2.19. The van der Waals surface area contributed by atoms with Crippen LogP contribution >= 0.6 is 11.8 Å². The van der Waals surface area contributed by atoms with Crippen LogP contribution in [0.25, 0.3) is 0 Å². The van der Waals surface area contributed by atoms with Crippen molar-refractivity contribution < 1.29 is 31.1 Å². The summed E-state index contributed by atoms with van der Waals surface area (Å²) in [5.74, 6) is -0.994. The molecule has 0 saturated carbocycles. The maximum absolute atomic E-state index is 13.0. The quantitative estimate of drug-likeness (QED) is 0.532. The number of anilines is 1. The van der Waals surface area contributed by atoms with E-state index >= 15 is 0 Å². The molecule has 26 heavy (non-hydrogen) atoms. The zero-order valence-corrected chi connectivity index (χ0v) is 14.8. The van der Waals surface area contributed by atoms with E-state index in [1.54, 1.807) is 6.92 Å². The van der Waals surface area contributed by atoms with Gasteiger partial charge in [-0.1, -0.05) is 23.9 Å². The normalized spacial score (nSPS) is 12.0. The average molecular weight is 410 g/mol. The number of esters is 1. The van der Waals surface area contributed by atoms with Gasteiger partial charge >= 0.3 is 12.1 Å². The van der Waals surface area contributed by atoms with Crippen molar-refractivity contribution >= 4 is 33.7 Å². The third-order valence-corrected chi connectivity index (χ3v) is 5.02. The van der Waals surface area contributed by atoms with Crippen molar-refractivity contribution in [2.75, 3.05) is 17.1 Å². The molecule has 0 fully saturated rings. The Morgan fingerprint density at radius 3 is 2.69 bits per heavy atom. The van der Waals surface area contributed by atoms with Crippen LogP contribution in [0.2, 0.25) is 0 Å². The fourth-order valence-corrected chi connectivity index (χ4v) is 3.58. The lowest BCUT2D eigenvalue weighted by Gasteiger charge is -2.12. The van der Waals surface area contributed by atoms with Gasteiger partial charge in [-0.2, -0.15) is 18.2 Å². The number of aromatic amines is 1. The second kappa shape index (κ2) is 7.95. The summed E-state index contributed by atoms with van der Waals surface area (Å²) in [6.07, 6.45) is -4.84. The summed E-state index contributed by atoms with van der Waals surface area (Å²) in [6, 6.07) is 3.75. The molecule has 0 spiro atoms. The van der Waals surface area contributed by atoms with Crippen LogP contribution in [0, 0.1) is 0 Å². The number of thioether (sulfide) groups is 1. The molecule has 1 aromatic heterocycles. The molecule has 2 aromatic rings. The van der Waals surface area contributed by atoms with E-state index in [0.29, 0.717) is 6.07 Å². The number of benzene rings is 1. The summed E-state index contributed by atoms with van der Waals surface area (Å²) in [4.78, 5) is 14.1. The molecule has 13 heteroatoms. The van der Waals surface area contributed by atoms with E-state index in [9.17, 15) is 26.4 Å². The Kier molecular flexibility index (Phi) is 6.13. The van der Waals surface area contributed by atoms with Gasteiger partial charge < -0.3 is 4.74 Å². The number of hydrogen-bond acceptors (Lipinski definition) is 7. The highest BCUT2D eigenvalue weighted by molar-refractivity contribution is 7.99. The highest BCUT2D eigenvalue weighted by Crippen LogP contribution is 2.34. The average Bonchev–Trinajstić information content (AvgIpc) is 2.99. The fraction of sp³-hybridized carbons (Fsp3) is 0.308. The van der Waals surface area contributed by atoms with Gasteiger partial charge in [0.1, 0.15) is 0 Å². The molecule has 0 amide bonds. The van der Waals surface area contributed by atoms with Crippen molar-refractivity contribution in [3.63, 3.8) is 0 Å². The van der Waals surface area contributed by atoms with Gasteiger partial charge in [-0.25, -0.2) is 18.2 Å². The van der Waals surface area contributed by atoms with Crippen LogP contribution in [-0.4, -0.2) is 41.9 Å². The first-order chi connectivity index (χ1) is 12.1. The first-order valence-corrected chi connectivity index (χ1v) is 9.50. The van der Waals surface area contributed by atoms with E-state index in [1.165, 1.54) is 6.07 Å². The van der Waals surface area contributed by atoms with Gasteiger partial charge in [-0.15, -0.1) is 5.10 Å². The lowest BCUT2D eigenvalue weighted by atomic mass is 10.2. The lowest BCUT2D eigenvalue weighted by molar-refractivity contribution is -0.140. The summed E-state index contributed by atoms with van der Waals surface area (Å²) in [6.45, 7) is 1.85. The second-order valence-electron chi connectivity index (χ2n) is 4.66. The van der Waals surface area contributed by atoms with Crippen molar-refractivity contribution in [1.82, 2.24) is 15.2 Å². The first kappa shape index (κ1) is 20.0. The van der Waals surface area contributed by atoms with Crippen molar-refractivity contribution in [2.45, 2.75) is 23.2 Å². The molecule has 0 radical (unpaired) electrons. The summed E-state index contributed by atoms with van der Waals surface area (Å²) in [5.41, 5.74) is -1.30. The Bertz CT molecular complexity index is 884. The van der Waals surface area contributed by atoms with Crippen molar-refractivity contribution in [3.05, 3.63) is 29.8 Å². The van der Waals surface area contributed by atoms with Gasteiger partial charge in [-0.3, -0.25) is 4.79 Å². The molecular weight excluding hydrogens is 397 g/mol. The molecule has 0 aliphatic rings. The third-order valence-electron chi connectivity index (χ3n) is 2.80. The van der Waals surface area contributed by atoms with Gasteiger partial charge in [0.25, 0.3) is 10.0 Å². The standard InChI is InChI=1S/C13H13F3N4O4S2/c1-2-24-10(21)7-25-12-17-11(18-19-12)20-26(22,23)9-6-4-3-5-8(9)13(14,15)16/h3-6H,2,7H2,1H3,(H2,17,18,19,20). The Balaban J connectivity index is 2.15. The molecule has 1 aromatic carbocycles. The van der Waals surface area contributed by atoms with Crippen LogP contribution in [0.4, 0.5) is 19.1 Å². The van der Waals surface area contributed by atoms with Crippen LogP contribution in [-0.2, 0) is 25.7 Å². The monoisotopic (exact) mass is 410 g/mol. The number of sulfonamides is 1. The Morgan fingerprint density at radius 1 is 1.35 bits per heavy atom. The molecule has 2 N–H and O–H groups in total. The molecular formula is C13H13F3N4O4S2. The number of ether oxygens (including phenoxy) is 1. The van der Waals surface area contributed by atoms with Gasteiger partial charge in [0.2, 0.25) is 11.1 Å². The molecule has 0 atom stereocenters. The summed E-state index contributed by atoms with van der Waals surface area (Å²) < 4.78 is 70.1. The van der Waals surface area contributed by atoms with Crippen molar-refractivity contribution in [2.24, 2.45) is 0 Å². The fourth-order valence-electron chi connectivity index (χ4n) is 1.80. The maximum atomic E-state index is 13.0. The largest absolute Gasteiger partial charge is 0.465 e. The van der Waals surface area contributed by atoms with Crippen LogP contribution < -0.4 is 4.72 Å². The zero-order chi connectivity index (χ0) is 19.4. The maximum Gasteiger partial charge on any atom is 0.417 e. The summed E-state index contributed by atoms with van der Waals surface area (Å²) >= 11 is 0.876. The van der Waals surface area contributed by atoms with E-state index in [2.05, 4.69) is 15.2 Å². The molecule has 0 aliphatic heterocycles. The first-order valence-electron chi connectivity index (χ1n) is 7.03. The van der Waals surface area contributed by atoms with Crippen LogP contribution in [0.5, 0.6) is 0 Å². The number of aromatic nitrogens is 3. The van der Waals surface area contributed by atoms with Crippen LogP contribution in [0.1, 0.15) is 12.5 Å². The Labute approximate surface area is 150 Å². The van der Waals surface area contributed by atoms with Crippen molar-refractivity contribution in [1.29, 1.82) is 0 Å². The Morgan fingerprint density at radius 2 is 2.04 bits per heavy atom. The summed E-state index contributed by atoms with van der Waals surface area (Å²) in [5, 5.41) is 5.93. The van der Waals surface area contributed by atoms with E-state index < -0.39 is 32.6 Å². The van der Waals surface area contributed by atoms with E-state index in [1.807, 2.05) is 4.72 Å². The third kappa shape index (κ3) is 5.11. The minimum absolute atomic E-state index is 0.0276. The smallest absolute Gasteiger partial charge is 0.417 e. The number of rotatable bonds is 7. The SMILES string of the molecule is CCOC(=O)CSc1n[nH]c(NS(=O)(=O)c2ccccc2C(F)(F)F)n1. The predicted molar refractivity (Wildman–Crippen MR) is 86.0 cm³/mol. The summed E-state index contributed by atoms with van der Waals surface area (Å²) in [7, 11) is -4.56. The number of halogens is 3. The van der Waals surface area contributed by atoms with Crippen LogP contribution in [0.15, 0.2) is 34.3 Å². The molecule has 0 aliphatic carbocycles. The number of H-pyrrole nitrogens is 1. The zero-order valence-electron chi connectivity index (χ0n) is 13.2.